The van der Waals surface area contributed by atoms with Gasteiger partial charge in [-0.1, -0.05) is 12.8 Å². The van der Waals surface area contributed by atoms with Crippen molar-refractivity contribution in [1.82, 2.24) is 0 Å². The van der Waals surface area contributed by atoms with Gasteiger partial charge in [0.05, 0.1) is 28.8 Å². The Morgan fingerprint density at radius 2 is 1.89 bits per heavy atom. The second-order valence-electron chi connectivity index (χ2n) is 7.80. The number of benzene rings is 1. The Hall–Kier alpha value is -2.93. The summed E-state index contributed by atoms with van der Waals surface area (Å²) in [7, 11) is 0. The summed E-state index contributed by atoms with van der Waals surface area (Å²) in [5.74, 6) is -0.804. The molecule has 13 heteroatoms. The second-order valence-corrected chi connectivity index (χ2v) is 9.31. The standard InChI is InChI=1S/C22H24F3N3O5S2/c1-2-32-20(29)18-16-7-5-3-4-6-8-17(16)35-19(18)27-21(34)26-13-9-14(28(30)31)11-15(10-13)33-12-22(23,24)25/h9-11H,2-8,12H2,1H3,(H2,26,27,34). The number of fused-ring (bicyclic) bond motifs is 1. The van der Waals surface area contributed by atoms with Crippen LogP contribution in [0.1, 0.15) is 53.4 Å². The highest BCUT2D eigenvalue weighted by Gasteiger charge is 2.29. The molecule has 1 aliphatic rings. The van der Waals surface area contributed by atoms with Crippen LogP contribution in [0.15, 0.2) is 18.2 Å². The number of thiophene rings is 1. The molecule has 0 spiro atoms. The molecule has 190 valence electrons. The molecule has 2 aromatic rings. The Bertz CT molecular complexity index is 1100. The monoisotopic (exact) mass is 531 g/mol. The number of hydrogen-bond donors (Lipinski definition) is 2. The second kappa shape index (κ2) is 11.7. The van der Waals surface area contributed by atoms with Crippen LogP contribution in [-0.4, -0.2) is 35.4 Å². The Morgan fingerprint density at radius 1 is 1.17 bits per heavy atom. The maximum absolute atomic E-state index is 12.8. The van der Waals surface area contributed by atoms with Gasteiger partial charge in [0.15, 0.2) is 11.7 Å². The molecule has 3 rings (SSSR count). The summed E-state index contributed by atoms with van der Waals surface area (Å²) in [6, 6.07) is 3.19. The number of esters is 1. The third-order valence-corrected chi connectivity index (χ3v) is 6.55. The summed E-state index contributed by atoms with van der Waals surface area (Å²) in [6.07, 6.45) is 1.12. The number of ether oxygens (including phenoxy) is 2. The van der Waals surface area contributed by atoms with E-state index in [0.717, 1.165) is 61.1 Å². The Balaban J connectivity index is 1.84. The van der Waals surface area contributed by atoms with Crippen molar-refractivity contribution in [2.75, 3.05) is 23.8 Å². The van der Waals surface area contributed by atoms with Crippen molar-refractivity contribution in [2.24, 2.45) is 0 Å². The van der Waals surface area contributed by atoms with Crippen LogP contribution in [0.5, 0.6) is 5.75 Å². The zero-order valence-corrected chi connectivity index (χ0v) is 20.5. The van der Waals surface area contributed by atoms with E-state index in [0.29, 0.717) is 10.6 Å². The third kappa shape index (κ3) is 7.52. The summed E-state index contributed by atoms with van der Waals surface area (Å²) in [4.78, 5) is 24.3. The highest BCUT2D eigenvalue weighted by atomic mass is 32.1. The predicted molar refractivity (Wildman–Crippen MR) is 131 cm³/mol. The number of nitro groups is 1. The zero-order chi connectivity index (χ0) is 25.6. The molecule has 2 N–H and O–H groups in total. The number of aryl methyl sites for hydroxylation is 1. The summed E-state index contributed by atoms with van der Waals surface area (Å²) < 4.78 is 47.5. The van der Waals surface area contributed by atoms with Crippen molar-refractivity contribution in [3.63, 3.8) is 0 Å². The van der Waals surface area contributed by atoms with E-state index in [2.05, 4.69) is 15.4 Å². The minimum Gasteiger partial charge on any atom is -0.484 e. The first-order chi connectivity index (χ1) is 16.6. The van der Waals surface area contributed by atoms with Crippen LogP contribution >= 0.6 is 23.6 Å². The van der Waals surface area contributed by atoms with Gasteiger partial charge < -0.3 is 20.1 Å². The van der Waals surface area contributed by atoms with E-state index >= 15 is 0 Å². The predicted octanol–water partition coefficient (Wildman–Crippen LogP) is 6.24. The third-order valence-electron chi connectivity index (χ3n) is 5.14. The molecule has 0 saturated heterocycles. The van der Waals surface area contributed by atoms with Crippen LogP contribution in [0, 0.1) is 10.1 Å². The van der Waals surface area contributed by atoms with E-state index in [4.69, 9.17) is 17.0 Å². The summed E-state index contributed by atoms with van der Waals surface area (Å²) >= 11 is 6.74. The fourth-order valence-electron chi connectivity index (χ4n) is 3.70. The molecule has 0 radical (unpaired) electrons. The fourth-order valence-corrected chi connectivity index (χ4v) is 5.27. The molecule has 0 bridgehead atoms. The first-order valence-electron chi connectivity index (χ1n) is 11.0. The average molecular weight is 532 g/mol. The number of carbonyl (C=O) groups excluding carboxylic acids is 1. The first-order valence-corrected chi connectivity index (χ1v) is 12.2. The molecular weight excluding hydrogens is 507 g/mol. The summed E-state index contributed by atoms with van der Waals surface area (Å²) in [6.45, 7) is 0.327. The quantitative estimate of drug-likeness (QED) is 0.187. The van der Waals surface area contributed by atoms with Crippen LogP contribution in [0.25, 0.3) is 0 Å². The van der Waals surface area contributed by atoms with E-state index in [1.165, 1.54) is 17.4 Å². The molecule has 0 amide bonds. The van der Waals surface area contributed by atoms with Crippen LogP contribution in [-0.2, 0) is 17.6 Å². The van der Waals surface area contributed by atoms with Gasteiger partial charge in [0.1, 0.15) is 10.8 Å². The number of rotatable bonds is 7. The molecule has 1 heterocycles. The number of nitro benzene ring substituents is 1. The van der Waals surface area contributed by atoms with Crippen LogP contribution in [0.4, 0.5) is 29.5 Å². The van der Waals surface area contributed by atoms with Crippen molar-refractivity contribution in [1.29, 1.82) is 0 Å². The molecule has 1 aromatic carbocycles. The Labute approximate surface area is 208 Å². The van der Waals surface area contributed by atoms with Gasteiger partial charge in [-0.2, -0.15) is 13.2 Å². The van der Waals surface area contributed by atoms with E-state index in [9.17, 15) is 28.1 Å². The van der Waals surface area contributed by atoms with Gasteiger partial charge in [0.25, 0.3) is 5.69 Å². The lowest BCUT2D eigenvalue weighted by Crippen LogP contribution is -2.21. The van der Waals surface area contributed by atoms with Crippen LogP contribution < -0.4 is 15.4 Å². The maximum Gasteiger partial charge on any atom is 0.422 e. The van der Waals surface area contributed by atoms with Gasteiger partial charge in [-0.25, -0.2) is 4.79 Å². The maximum atomic E-state index is 12.8. The van der Waals surface area contributed by atoms with Gasteiger partial charge in [-0.15, -0.1) is 11.3 Å². The molecule has 0 fully saturated rings. The van der Waals surface area contributed by atoms with Crippen molar-refractivity contribution in [3.8, 4) is 5.75 Å². The van der Waals surface area contributed by atoms with Crippen molar-refractivity contribution < 1.29 is 32.4 Å². The Kier molecular flexibility index (Phi) is 8.89. The fraction of sp³-hybridized carbons (Fsp3) is 0.455. The van der Waals surface area contributed by atoms with Crippen LogP contribution in [0.2, 0.25) is 0 Å². The number of thiocarbonyl (C=S) groups is 1. The molecule has 0 aliphatic heterocycles. The summed E-state index contributed by atoms with van der Waals surface area (Å²) in [5, 5.41) is 17.4. The molecule has 35 heavy (non-hydrogen) atoms. The van der Waals surface area contributed by atoms with Gasteiger partial charge in [0, 0.05) is 17.0 Å². The highest BCUT2D eigenvalue weighted by Crippen LogP contribution is 2.38. The number of nitrogens with zero attached hydrogens (tertiary/aromatic N) is 1. The van der Waals surface area contributed by atoms with Gasteiger partial charge in [0.2, 0.25) is 0 Å². The van der Waals surface area contributed by atoms with Crippen molar-refractivity contribution in [3.05, 3.63) is 44.3 Å². The number of halogens is 3. The number of anilines is 2. The molecule has 0 saturated carbocycles. The number of alkyl halides is 3. The number of nitrogens with one attached hydrogen (secondary N) is 2. The molecule has 0 atom stereocenters. The molecule has 1 aromatic heterocycles. The van der Waals surface area contributed by atoms with Crippen molar-refractivity contribution >= 4 is 51.0 Å². The molecule has 1 aliphatic carbocycles. The molecule has 8 nitrogen and oxygen atoms in total. The van der Waals surface area contributed by atoms with Crippen LogP contribution in [0.3, 0.4) is 0 Å². The van der Waals surface area contributed by atoms with Crippen molar-refractivity contribution in [2.45, 2.75) is 51.6 Å². The summed E-state index contributed by atoms with van der Waals surface area (Å²) in [5.41, 5.74) is 0.950. The Morgan fingerprint density at radius 3 is 2.54 bits per heavy atom. The molecular formula is C22H24F3N3O5S2. The zero-order valence-electron chi connectivity index (χ0n) is 18.8. The SMILES string of the molecule is CCOC(=O)c1c(NC(=S)Nc2cc(OCC(F)(F)F)cc([N+](=O)[O-])c2)sc2c1CCCCCC2. The lowest BCUT2D eigenvalue weighted by atomic mass is 9.96. The topological polar surface area (TPSA) is 103 Å². The highest BCUT2D eigenvalue weighted by molar-refractivity contribution is 7.80. The minimum absolute atomic E-state index is 0.00652. The van der Waals surface area contributed by atoms with E-state index < -0.39 is 29.4 Å². The van der Waals surface area contributed by atoms with Gasteiger partial charge in [-0.05, 0) is 50.4 Å². The lowest BCUT2D eigenvalue weighted by Gasteiger charge is -2.14. The van der Waals surface area contributed by atoms with E-state index in [1.54, 1.807) is 6.92 Å². The number of carbonyl (C=O) groups is 1. The smallest absolute Gasteiger partial charge is 0.422 e. The molecule has 0 unspecified atom stereocenters. The van der Waals surface area contributed by atoms with E-state index in [-0.39, 0.29) is 23.2 Å². The normalized spacial score (nSPS) is 13.7. The number of non-ortho nitro benzene ring substituents is 1. The van der Waals surface area contributed by atoms with Gasteiger partial charge >= 0.3 is 12.1 Å². The first kappa shape index (κ1) is 26.7. The minimum atomic E-state index is -4.60. The van der Waals surface area contributed by atoms with E-state index in [1.807, 2.05) is 0 Å². The lowest BCUT2D eigenvalue weighted by molar-refractivity contribution is -0.384. The number of hydrogen-bond acceptors (Lipinski definition) is 7. The van der Waals surface area contributed by atoms with Gasteiger partial charge in [-0.3, -0.25) is 10.1 Å². The largest absolute Gasteiger partial charge is 0.484 e. The average Bonchev–Trinajstić information content (AvgIpc) is 3.07.